The lowest BCUT2D eigenvalue weighted by Crippen LogP contribution is -2.40. The van der Waals surface area contributed by atoms with Crippen molar-refractivity contribution < 1.29 is 23.1 Å². The van der Waals surface area contributed by atoms with Gasteiger partial charge in [-0.3, -0.25) is 9.69 Å². The highest BCUT2D eigenvalue weighted by molar-refractivity contribution is 5.91. The second kappa shape index (κ2) is 8.48. The number of aromatic nitrogens is 2. The van der Waals surface area contributed by atoms with Crippen LogP contribution in [0.1, 0.15) is 38.1 Å². The fourth-order valence-electron chi connectivity index (χ4n) is 3.00. The summed E-state index contributed by atoms with van der Waals surface area (Å²) in [5, 5.41) is 15.7. The topological polar surface area (TPSA) is 70.4 Å². The molecule has 0 radical (unpaired) electrons. The molecule has 1 aromatic heterocycles. The Labute approximate surface area is 138 Å². The fraction of sp³-hybridized carbons (Fsp3) is 0.733. The van der Waals surface area contributed by atoms with Crippen LogP contribution in [0.15, 0.2) is 12.3 Å². The average molecular weight is 348 g/mol. The van der Waals surface area contributed by atoms with Crippen LogP contribution in [-0.4, -0.2) is 58.1 Å². The summed E-state index contributed by atoms with van der Waals surface area (Å²) in [6.45, 7) is -1.77. The van der Waals surface area contributed by atoms with Crippen LogP contribution in [0.25, 0.3) is 0 Å². The number of anilines is 1. The Hall–Kier alpha value is -1.61. The van der Waals surface area contributed by atoms with E-state index in [1.54, 1.807) is 16.9 Å². The summed E-state index contributed by atoms with van der Waals surface area (Å²) in [7, 11) is 0. The van der Waals surface area contributed by atoms with Gasteiger partial charge in [0.05, 0.1) is 25.3 Å². The van der Waals surface area contributed by atoms with Crippen molar-refractivity contribution >= 4 is 11.7 Å². The molecule has 6 nitrogen and oxygen atoms in total. The SMILES string of the molecule is O=C(CN(CCCO)CC(F)(F)F)Nc1ccnn1C1CCCC1. The molecule has 1 amide bonds. The summed E-state index contributed by atoms with van der Waals surface area (Å²) < 4.78 is 39.5. The molecule has 24 heavy (non-hydrogen) atoms. The highest BCUT2D eigenvalue weighted by Crippen LogP contribution is 2.31. The van der Waals surface area contributed by atoms with Gasteiger partial charge in [0, 0.05) is 19.2 Å². The number of halogens is 3. The molecule has 0 aliphatic heterocycles. The van der Waals surface area contributed by atoms with E-state index < -0.39 is 18.6 Å². The Morgan fingerprint density at radius 3 is 2.75 bits per heavy atom. The predicted octanol–water partition coefficient (Wildman–Crippen LogP) is 2.18. The van der Waals surface area contributed by atoms with Crippen LogP contribution in [-0.2, 0) is 4.79 Å². The normalized spacial score (nSPS) is 16.0. The first kappa shape index (κ1) is 18.7. The van der Waals surface area contributed by atoms with Gasteiger partial charge >= 0.3 is 6.18 Å². The van der Waals surface area contributed by atoms with Crippen LogP contribution in [0.2, 0.25) is 0 Å². The first-order valence-electron chi connectivity index (χ1n) is 8.12. The molecule has 0 spiro atoms. The Morgan fingerprint density at radius 2 is 2.12 bits per heavy atom. The van der Waals surface area contributed by atoms with Gasteiger partial charge in [0.25, 0.3) is 0 Å². The molecule has 1 aromatic rings. The second-order valence-corrected chi connectivity index (χ2v) is 6.05. The average Bonchev–Trinajstić information content (AvgIpc) is 3.13. The van der Waals surface area contributed by atoms with Gasteiger partial charge in [0.2, 0.25) is 5.91 Å². The molecular formula is C15H23F3N4O2. The molecule has 1 heterocycles. The van der Waals surface area contributed by atoms with Crippen molar-refractivity contribution in [2.24, 2.45) is 0 Å². The van der Waals surface area contributed by atoms with Crippen LogP contribution < -0.4 is 5.32 Å². The summed E-state index contributed by atoms with van der Waals surface area (Å²) in [6, 6.07) is 1.88. The number of carbonyl (C=O) groups is 1. The Morgan fingerprint density at radius 1 is 1.42 bits per heavy atom. The third kappa shape index (κ3) is 5.79. The summed E-state index contributed by atoms with van der Waals surface area (Å²) in [5.74, 6) is -0.00189. The number of nitrogens with zero attached hydrogens (tertiary/aromatic N) is 3. The summed E-state index contributed by atoms with van der Waals surface area (Å²) in [5.41, 5.74) is 0. The van der Waals surface area contributed by atoms with Crippen LogP contribution in [0.3, 0.4) is 0 Å². The maximum atomic E-state index is 12.6. The van der Waals surface area contributed by atoms with E-state index in [2.05, 4.69) is 10.4 Å². The van der Waals surface area contributed by atoms with Crippen molar-refractivity contribution in [3.05, 3.63) is 12.3 Å². The van der Waals surface area contributed by atoms with Crippen molar-refractivity contribution in [1.82, 2.24) is 14.7 Å². The number of hydrogen-bond acceptors (Lipinski definition) is 4. The van der Waals surface area contributed by atoms with Crippen molar-refractivity contribution in [2.75, 3.05) is 31.6 Å². The highest BCUT2D eigenvalue weighted by atomic mass is 19.4. The van der Waals surface area contributed by atoms with Gasteiger partial charge in [-0.1, -0.05) is 12.8 Å². The van der Waals surface area contributed by atoms with Gasteiger partial charge in [0.1, 0.15) is 5.82 Å². The zero-order valence-corrected chi connectivity index (χ0v) is 13.4. The van der Waals surface area contributed by atoms with Crippen LogP contribution in [0, 0.1) is 0 Å². The van der Waals surface area contributed by atoms with Gasteiger partial charge in [-0.25, -0.2) is 4.68 Å². The van der Waals surface area contributed by atoms with Crippen molar-refractivity contribution in [3.63, 3.8) is 0 Å². The minimum atomic E-state index is -4.39. The molecule has 2 rings (SSSR count). The van der Waals surface area contributed by atoms with E-state index in [-0.39, 0.29) is 32.2 Å². The minimum absolute atomic E-state index is 0.00527. The number of hydrogen-bond donors (Lipinski definition) is 2. The fourth-order valence-corrected chi connectivity index (χ4v) is 3.00. The van der Waals surface area contributed by atoms with Gasteiger partial charge in [-0.05, 0) is 19.3 Å². The van der Waals surface area contributed by atoms with Gasteiger partial charge in [0.15, 0.2) is 0 Å². The maximum absolute atomic E-state index is 12.6. The maximum Gasteiger partial charge on any atom is 0.401 e. The number of amides is 1. The standard InChI is InChI=1S/C15H23F3N4O2/c16-15(17,18)11-21(8-3-9-23)10-14(24)20-13-6-7-19-22(13)12-4-1-2-5-12/h6-7,12,23H,1-5,8-11H2,(H,20,24). The van der Waals surface area contributed by atoms with E-state index >= 15 is 0 Å². The smallest absolute Gasteiger partial charge is 0.396 e. The molecular weight excluding hydrogens is 325 g/mol. The first-order valence-corrected chi connectivity index (χ1v) is 8.12. The van der Waals surface area contributed by atoms with Gasteiger partial charge < -0.3 is 10.4 Å². The second-order valence-electron chi connectivity index (χ2n) is 6.05. The molecule has 0 bridgehead atoms. The van der Waals surface area contributed by atoms with Crippen molar-refractivity contribution in [2.45, 2.75) is 44.3 Å². The first-order chi connectivity index (χ1) is 11.4. The number of alkyl halides is 3. The molecule has 1 aliphatic carbocycles. The third-order valence-electron chi connectivity index (χ3n) is 4.01. The lowest BCUT2D eigenvalue weighted by atomic mass is 10.2. The van der Waals surface area contributed by atoms with E-state index in [1.165, 1.54) is 0 Å². The Kier molecular flexibility index (Phi) is 6.61. The van der Waals surface area contributed by atoms with Crippen molar-refractivity contribution in [1.29, 1.82) is 0 Å². The molecule has 0 atom stereocenters. The molecule has 1 fully saturated rings. The van der Waals surface area contributed by atoms with E-state index in [1.807, 2.05) is 0 Å². The number of aliphatic hydroxyl groups excluding tert-OH is 1. The predicted molar refractivity (Wildman–Crippen MR) is 82.6 cm³/mol. The minimum Gasteiger partial charge on any atom is -0.396 e. The summed E-state index contributed by atoms with van der Waals surface area (Å²) >= 11 is 0. The number of rotatable bonds is 8. The molecule has 9 heteroatoms. The highest BCUT2D eigenvalue weighted by Gasteiger charge is 2.31. The molecule has 0 saturated heterocycles. The quantitative estimate of drug-likeness (QED) is 0.755. The molecule has 0 aromatic carbocycles. The largest absolute Gasteiger partial charge is 0.401 e. The number of carbonyl (C=O) groups excluding carboxylic acids is 1. The van der Waals surface area contributed by atoms with Crippen LogP contribution in [0.4, 0.5) is 19.0 Å². The number of aliphatic hydroxyl groups is 1. The number of nitrogens with one attached hydrogen (secondary N) is 1. The molecule has 1 aliphatic rings. The van der Waals surface area contributed by atoms with E-state index in [0.29, 0.717) is 5.82 Å². The van der Waals surface area contributed by atoms with E-state index in [4.69, 9.17) is 5.11 Å². The Bertz CT molecular complexity index is 527. The lowest BCUT2D eigenvalue weighted by molar-refractivity contribution is -0.148. The Balaban J connectivity index is 1.94. The summed E-state index contributed by atoms with van der Waals surface area (Å²) in [6.07, 6.45) is 1.57. The van der Waals surface area contributed by atoms with E-state index in [9.17, 15) is 18.0 Å². The van der Waals surface area contributed by atoms with E-state index in [0.717, 1.165) is 30.6 Å². The third-order valence-corrected chi connectivity index (χ3v) is 4.01. The van der Waals surface area contributed by atoms with Gasteiger partial charge in [-0.2, -0.15) is 18.3 Å². The molecule has 1 saturated carbocycles. The monoisotopic (exact) mass is 348 g/mol. The molecule has 2 N–H and O–H groups in total. The zero-order chi connectivity index (χ0) is 17.6. The van der Waals surface area contributed by atoms with Gasteiger partial charge in [-0.15, -0.1) is 0 Å². The van der Waals surface area contributed by atoms with Crippen LogP contribution >= 0.6 is 0 Å². The van der Waals surface area contributed by atoms with Crippen LogP contribution in [0.5, 0.6) is 0 Å². The molecule has 136 valence electrons. The lowest BCUT2D eigenvalue weighted by Gasteiger charge is -2.23. The summed E-state index contributed by atoms with van der Waals surface area (Å²) in [4.78, 5) is 13.1. The zero-order valence-electron chi connectivity index (χ0n) is 13.4. The van der Waals surface area contributed by atoms with Crippen molar-refractivity contribution in [3.8, 4) is 0 Å². The molecule has 0 unspecified atom stereocenters.